The molecule has 0 atom stereocenters. The van der Waals surface area contributed by atoms with E-state index in [0.717, 1.165) is 15.6 Å². The van der Waals surface area contributed by atoms with E-state index in [1.807, 2.05) is 24.3 Å². The molecule has 0 bridgehead atoms. The van der Waals surface area contributed by atoms with E-state index in [2.05, 4.69) is 5.32 Å². The second-order valence-electron chi connectivity index (χ2n) is 5.21. The van der Waals surface area contributed by atoms with Crippen molar-refractivity contribution in [1.82, 2.24) is 5.32 Å². The molecular formula is C18H13Cl2NO3S. The van der Waals surface area contributed by atoms with Crippen molar-refractivity contribution in [2.75, 3.05) is 6.54 Å². The smallest absolute Gasteiger partial charge is 0.325 e. The maximum absolute atomic E-state index is 12.2. The Hall–Kier alpha value is -2.08. The minimum absolute atomic E-state index is 0.121. The van der Waals surface area contributed by atoms with Crippen LogP contribution in [0.25, 0.3) is 10.1 Å². The Morgan fingerprint density at radius 1 is 1.04 bits per heavy atom. The summed E-state index contributed by atoms with van der Waals surface area (Å²) in [5.41, 5.74) is 0.816. The van der Waals surface area contributed by atoms with Crippen LogP contribution in [-0.4, -0.2) is 18.4 Å². The maximum Gasteiger partial charge on any atom is 0.325 e. The first-order valence-electron chi connectivity index (χ1n) is 7.40. The van der Waals surface area contributed by atoms with E-state index in [-0.39, 0.29) is 13.2 Å². The summed E-state index contributed by atoms with van der Waals surface area (Å²) in [4.78, 5) is 24.4. The molecule has 0 aliphatic heterocycles. The maximum atomic E-state index is 12.2. The first-order chi connectivity index (χ1) is 12.0. The first-order valence-corrected chi connectivity index (χ1v) is 8.97. The number of carbonyl (C=O) groups is 2. The van der Waals surface area contributed by atoms with Crippen LogP contribution in [0.1, 0.15) is 15.2 Å². The summed E-state index contributed by atoms with van der Waals surface area (Å²) >= 11 is 13.3. The van der Waals surface area contributed by atoms with Crippen molar-refractivity contribution in [2.45, 2.75) is 6.61 Å². The zero-order valence-corrected chi connectivity index (χ0v) is 15.3. The Bertz CT molecular complexity index is 922. The van der Waals surface area contributed by atoms with E-state index in [0.29, 0.717) is 14.9 Å². The number of amides is 1. The van der Waals surface area contributed by atoms with Crippen LogP contribution in [0, 0.1) is 0 Å². The molecule has 25 heavy (non-hydrogen) atoms. The van der Waals surface area contributed by atoms with Gasteiger partial charge in [-0.1, -0.05) is 53.5 Å². The number of rotatable bonds is 5. The Balaban J connectivity index is 1.55. The second kappa shape index (κ2) is 7.87. The number of ether oxygens (including phenoxy) is 1. The molecule has 1 heterocycles. The van der Waals surface area contributed by atoms with E-state index in [9.17, 15) is 9.59 Å². The van der Waals surface area contributed by atoms with E-state index in [4.69, 9.17) is 27.9 Å². The van der Waals surface area contributed by atoms with E-state index in [1.54, 1.807) is 24.3 Å². The molecule has 1 amide bonds. The third kappa shape index (κ3) is 4.31. The van der Waals surface area contributed by atoms with Gasteiger partial charge in [0.15, 0.2) is 0 Å². The molecule has 0 aliphatic carbocycles. The first kappa shape index (κ1) is 17.7. The number of hydrogen-bond donors (Lipinski definition) is 1. The molecular weight excluding hydrogens is 381 g/mol. The van der Waals surface area contributed by atoms with Gasteiger partial charge in [-0.3, -0.25) is 9.59 Å². The summed E-state index contributed by atoms with van der Waals surface area (Å²) in [5.74, 6) is -0.921. The SMILES string of the molecule is O=C(CNC(=O)c1sc2ccccc2c1Cl)OCc1ccc(Cl)cc1. The van der Waals surface area contributed by atoms with Gasteiger partial charge < -0.3 is 10.1 Å². The largest absolute Gasteiger partial charge is 0.460 e. The van der Waals surface area contributed by atoms with Crippen molar-refractivity contribution in [1.29, 1.82) is 0 Å². The Labute approximate surface area is 158 Å². The molecule has 0 unspecified atom stereocenters. The van der Waals surface area contributed by atoms with Crippen molar-refractivity contribution in [2.24, 2.45) is 0 Å². The van der Waals surface area contributed by atoms with Gasteiger partial charge >= 0.3 is 5.97 Å². The zero-order chi connectivity index (χ0) is 17.8. The van der Waals surface area contributed by atoms with Crippen LogP contribution < -0.4 is 5.32 Å². The molecule has 4 nitrogen and oxygen atoms in total. The standard InChI is InChI=1S/C18H13Cl2NO3S/c19-12-7-5-11(6-8-12)10-24-15(22)9-21-18(23)17-16(20)13-3-1-2-4-14(13)25-17/h1-8H,9-10H2,(H,21,23). The fourth-order valence-electron chi connectivity index (χ4n) is 2.19. The normalized spacial score (nSPS) is 10.6. The van der Waals surface area contributed by atoms with Gasteiger partial charge in [0.2, 0.25) is 0 Å². The minimum atomic E-state index is -0.527. The van der Waals surface area contributed by atoms with Gasteiger partial charge in [-0.15, -0.1) is 11.3 Å². The summed E-state index contributed by atoms with van der Waals surface area (Å²) in [6.45, 7) is -0.105. The number of halogens is 2. The number of benzene rings is 2. The molecule has 0 spiro atoms. The van der Waals surface area contributed by atoms with Crippen LogP contribution in [0.2, 0.25) is 10.0 Å². The van der Waals surface area contributed by atoms with Crippen LogP contribution in [0.4, 0.5) is 0 Å². The Kier molecular flexibility index (Phi) is 5.58. The predicted octanol–water partition coefficient (Wildman–Crippen LogP) is 4.68. The van der Waals surface area contributed by atoms with Gasteiger partial charge in [0.05, 0.1) is 5.02 Å². The van der Waals surface area contributed by atoms with Crippen molar-refractivity contribution < 1.29 is 14.3 Å². The Morgan fingerprint density at radius 2 is 1.76 bits per heavy atom. The molecule has 7 heteroatoms. The summed E-state index contributed by atoms with van der Waals surface area (Å²) in [6.07, 6.45) is 0. The van der Waals surface area contributed by atoms with Crippen LogP contribution in [0.3, 0.4) is 0 Å². The highest BCUT2D eigenvalue weighted by molar-refractivity contribution is 7.21. The average Bonchev–Trinajstić information content (AvgIpc) is 2.96. The number of thiophene rings is 1. The lowest BCUT2D eigenvalue weighted by molar-refractivity contribution is -0.143. The third-order valence-electron chi connectivity index (χ3n) is 3.45. The lowest BCUT2D eigenvalue weighted by Crippen LogP contribution is -2.30. The summed E-state index contributed by atoms with van der Waals surface area (Å²) in [5, 5.41) is 4.37. The molecule has 3 aromatic rings. The van der Waals surface area contributed by atoms with Crippen LogP contribution in [-0.2, 0) is 16.1 Å². The fourth-order valence-corrected chi connectivity index (χ4v) is 3.75. The van der Waals surface area contributed by atoms with Crippen LogP contribution in [0.5, 0.6) is 0 Å². The summed E-state index contributed by atoms with van der Waals surface area (Å²) in [6, 6.07) is 14.5. The topological polar surface area (TPSA) is 55.4 Å². The van der Waals surface area contributed by atoms with Crippen molar-refractivity contribution in [3.63, 3.8) is 0 Å². The number of hydrogen-bond acceptors (Lipinski definition) is 4. The molecule has 0 radical (unpaired) electrons. The number of carbonyl (C=O) groups excluding carboxylic acids is 2. The quantitative estimate of drug-likeness (QED) is 0.640. The number of esters is 1. The van der Waals surface area contributed by atoms with E-state index >= 15 is 0 Å². The van der Waals surface area contributed by atoms with Gasteiger partial charge in [-0.25, -0.2) is 0 Å². The van der Waals surface area contributed by atoms with E-state index in [1.165, 1.54) is 11.3 Å². The molecule has 0 saturated heterocycles. The van der Waals surface area contributed by atoms with E-state index < -0.39 is 11.9 Å². The van der Waals surface area contributed by atoms with Crippen LogP contribution in [0.15, 0.2) is 48.5 Å². The lowest BCUT2D eigenvalue weighted by atomic mass is 10.2. The van der Waals surface area contributed by atoms with Crippen LogP contribution >= 0.6 is 34.5 Å². The molecule has 128 valence electrons. The molecule has 2 aromatic carbocycles. The fraction of sp³-hybridized carbons (Fsp3) is 0.111. The third-order valence-corrected chi connectivity index (χ3v) is 5.37. The zero-order valence-electron chi connectivity index (χ0n) is 12.9. The highest BCUT2D eigenvalue weighted by Gasteiger charge is 2.17. The highest BCUT2D eigenvalue weighted by atomic mass is 35.5. The summed E-state index contributed by atoms with van der Waals surface area (Å²) < 4.78 is 6.04. The molecule has 0 saturated carbocycles. The predicted molar refractivity (Wildman–Crippen MR) is 100 cm³/mol. The highest BCUT2D eigenvalue weighted by Crippen LogP contribution is 2.34. The number of nitrogens with one attached hydrogen (secondary N) is 1. The molecule has 3 rings (SSSR count). The lowest BCUT2D eigenvalue weighted by Gasteiger charge is -2.06. The summed E-state index contributed by atoms with van der Waals surface area (Å²) in [7, 11) is 0. The van der Waals surface area contributed by atoms with Gasteiger partial charge in [0.25, 0.3) is 5.91 Å². The monoisotopic (exact) mass is 393 g/mol. The Morgan fingerprint density at radius 3 is 2.48 bits per heavy atom. The molecule has 1 N–H and O–H groups in total. The van der Waals surface area contributed by atoms with Crippen molar-refractivity contribution >= 4 is 56.5 Å². The van der Waals surface area contributed by atoms with Crippen molar-refractivity contribution in [3.05, 3.63) is 69.0 Å². The molecule has 1 aromatic heterocycles. The van der Waals surface area contributed by atoms with Gasteiger partial charge in [0.1, 0.15) is 18.0 Å². The second-order valence-corrected chi connectivity index (χ2v) is 7.08. The van der Waals surface area contributed by atoms with Crippen molar-refractivity contribution in [3.8, 4) is 0 Å². The molecule has 0 aliphatic rings. The van der Waals surface area contributed by atoms with Gasteiger partial charge in [0, 0.05) is 15.1 Å². The van der Waals surface area contributed by atoms with Gasteiger partial charge in [-0.05, 0) is 23.8 Å². The average molecular weight is 394 g/mol. The molecule has 0 fully saturated rings. The minimum Gasteiger partial charge on any atom is -0.460 e. The number of fused-ring (bicyclic) bond motifs is 1. The van der Waals surface area contributed by atoms with Gasteiger partial charge in [-0.2, -0.15) is 0 Å².